The number of carbonyl (C=O) groups excluding carboxylic acids is 2. The highest BCUT2D eigenvalue weighted by Crippen LogP contribution is 2.22. The van der Waals surface area contributed by atoms with Gasteiger partial charge in [0.1, 0.15) is 24.1 Å². The van der Waals surface area contributed by atoms with Crippen molar-refractivity contribution < 1.29 is 43.6 Å². The molecule has 148 valence electrons. The summed E-state index contributed by atoms with van der Waals surface area (Å²) in [5.41, 5.74) is 0.570. The van der Waals surface area contributed by atoms with Crippen LogP contribution in [0.3, 0.4) is 0 Å². The van der Waals surface area contributed by atoms with Crippen LogP contribution in [0.5, 0.6) is 11.5 Å². The minimum Gasteiger partial charge on any atom is -0.497 e. The summed E-state index contributed by atoms with van der Waals surface area (Å²) < 4.78 is 15.2. The predicted octanol–water partition coefficient (Wildman–Crippen LogP) is 1.21. The van der Waals surface area contributed by atoms with E-state index < -0.39 is 29.9 Å². The molecule has 0 fully saturated rings. The van der Waals surface area contributed by atoms with E-state index in [0.717, 1.165) is 0 Å². The Morgan fingerprint density at radius 1 is 1.04 bits per heavy atom. The van der Waals surface area contributed by atoms with Gasteiger partial charge in [-0.15, -0.1) is 0 Å². The Labute approximate surface area is 155 Å². The van der Waals surface area contributed by atoms with E-state index in [2.05, 4.69) is 5.32 Å². The van der Waals surface area contributed by atoms with Crippen LogP contribution in [0, 0.1) is 0 Å². The molecule has 1 rings (SSSR count). The third-order valence-electron chi connectivity index (χ3n) is 3.51. The maximum atomic E-state index is 11.8. The highest BCUT2D eigenvalue weighted by molar-refractivity contribution is 6.32. The number of carboxylic acid groups (broad SMARTS) is 2. The predicted molar refractivity (Wildman–Crippen MR) is 90.8 cm³/mol. The van der Waals surface area contributed by atoms with Gasteiger partial charge in [0, 0.05) is 12.5 Å². The standard InChI is InChI=1S/C17H21NO9/c1-25-11-6-10(7-12(8-11)26-2)9-27-17(24)18-13(15(20)21)4-3-5-14(19)16(22)23/h6-8,13H,3-5,9H2,1-2H3,(H,18,24)(H,20,21)(H,22,23)/t13-/m0/s1. The molecule has 0 saturated heterocycles. The van der Waals surface area contributed by atoms with E-state index in [1.54, 1.807) is 18.2 Å². The molecule has 0 unspecified atom stereocenters. The van der Waals surface area contributed by atoms with Crippen LogP contribution in [0.15, 0.2) is 18.2 Å². The fourth-order valence-corrected chi connectivity index (χ4v) is 2.11. The van der Waals surface area contributed by atoms with Crippen LogP contribution < -0.4 is 14.8 Å². The first-order valence-corrected chi connectivity index (χ1v) is 7.91. The second-order valence-corrected chi connectivity index (χ2v) is 5.45. The summed E-state index contributed by atoms with van der Waals surface area (Å²) in [4.78, 5) is 44.4. The zero-order valence-electron chi connectivity index (χ0n) is 14.9. The lowest BCUT2D eigenvalue weighted by Gasteiger charge is -2.14. The lowest BCUT2D eigenvalue weighted by molar-refractivity contribution is -0.149. The van der Waals surface area contributed by atoms with E-state index in [9.17, 15) is 19.2 Å². The average Bonchev–Trinajstić information content (AvgIpc) is 2.64. The molecule has 0 aromatic heterocycles. The number of carboxylic acids is 2. The molecule has 27 heavy (non-hydrogen) atoms. The zero-order chi connectivity index (χ0) is 20.4. The number of methoxy groups -OCH3 is 2. The molecule has 1 aromatic carbocycles. The van der Waals surface area contributed by atoms with Crippen molar-refractivity contribution in [1.82, 2.24) is 5.32 Å². The van der Waals surface area contributed by atoms with Crippen molar-refractivity contribution in [2.24, 2.45) is 0 Å². The van der Waals surface area contributed by atoms with Gasteiger partial charge in [-0.25, -0.2) is 14.4 Å². The number of amides is 1. The largest absolute Gasteiger partial charge is 0.497 e. The van der Waals surface area contributed by atoms with Crippen LogP contribution in [0.25, 0.3) is 0 Å². The van der Waals surface area contributed by atoms with Crippen molar-refractivity contribution >= 4 is 23.8 Å². The van der Waals surface area contributed by atoms with Gasteiger partial charge in [0.25, 0.3) is 0 Å². The van der Waals surface area contributed by atoms with Gasteiger partial charge in [0.05, 0.1) is 14.2 Å². The number of rotatable bonds is 11. The number of ether oxygens (including phenoxy) is 3. The molecule has 0 radical (unpaired) electrons. The molecule has 0 aliphatic carbocycles. The van der Waals surface area contributed by atoms with Gasteiger partial charge < -0.3 is 29.7 Å². The van der Waals surface area contributed by atoms with E-state index in [-0.39, 0.29) is 25.9 Å². The van der Waals surface area contributed by atoms with E-state index >= 15 is 0 Å². The minimum absolute atomic E-state index is 0.00450. The van der Waals surface area contributed by atoms with E-state index in [4.69, 9.17) is 24.4 Å². The molecule has 10 nitrogen and oxygen atoms in total. The quantitative estimate of drug-likeness (QED) is 0.479. The smallest absolute Gasteiger partial charge is 0.408 e. The molecule has 0 bridgehead atoms. The molecule has 0 aliphatic heterocycles. The monoisotopic (exact) mass is 383 g/mol. The van der Waals surface area contributed by atoms with Crippen LogP contribution in [0.4, 0.5) is 4.79 Å². The Morgan fingerprint density at radius 3 is 2.11 bits per heavy atom. The van der Waals surface area contributed by atoms with Crippen LogP contribution in [0.1, 0.15) is 24.8 Å². The fraction of sp³-hybridized carbons (Fsp3) is 0.412. The van der Waals surface area contributed by atoms with Gasteiger partial charge in [-0.2, -0.15) is 0 Å². The van der Waals surface area contributed by atoms with Crippen molar-refractivity contribution in [1.29, 1.82) is 0 Å². The SMILES string of the molecule is COc1cc(COC(=O)N[C@@H](CCCC(=O)C(=O)O)C(=O)O)cc(OC)c1. The first-order valence-electron chi connectivity index (χ1n) is 7.91. The van der Waals surface area contributed by atoms with Crippen LogP contribution in [-0.2, 0) is 25.7 Å². The summed E-state index contributed by atoms with van der Waals surface area (Å²) in [6.07, 6.45) is -1.40. The Balaban J connectivity index is 2.56. The molecular formula is C17H21NO9. The Kier molecular flexibility index (Phi) is 8.57. The molecule has 3 N–H and O–H groups in total. The maximum Gasteiger partial charge on any atom is 0.408 e. The number of aliphatic carboxylic acids is 2. The number of ketones is 1. The van der Waals surface area contributed by atoms with Gasteiger partial charge in [-0.1, -0.05) is 0 Å². The fourth-order valence-electron chi connectivity index (χ4n) is 2.11. The summed E-state index contributed by atoms with van der Waals surface area (Å²) in [7, 11) is 2.94. The van der Waals surface area contributed by atoms with Crippen LogP contribution in [0.2, 0.25) is 0 Å². The molecule has 0 saturated carbocycles. The highest BCUT2D eigenvalue weighted by atomic mass is 16.5. The van der Waals surface area contributed by atoms with E-state index in [1.807, 2.05) is 0 Å². The van der Waals surface area contributed by atoms with Gasteiger partial charge in [-0.3, -0.25) is 4.79 Å². The number of Topliss-reactive ketones (excluding diaryl/α,β-unsaturated/α-hetero) is 1. The Bertz CT molecular complexity index is 679. The molecule has 1 aromatic rings. The molecule has 1 amide bonds. The molecular weight excluding hydrogens is 362 g/mol. The lowest BCUT2D eigenvalue weighted by Crippen LogP contribution is -2.41. The second-order valence-electron chi connectivity index (χ2n) is 5.45. The van der Waals surface area contributed by atoms with Crippen molar-refractivity contribution in [3.05, 3.63) is 23.8 Å². The van der Waals surface area contributed by atoms with Gasteiger partial charge >= 0.3 is 18.0 Å². The third kappa shape index (κ3) is 7.63. The number of carbonyl (C=O) groups is 4. The molecule has 10 heteroatoms. The van der Waals surface area contributed by atoms with Gasteiger partial charge in [0.15, 0.2) is 0 Å². The topological polar surface area (TPSA) is 148 Å². The molecule has 0 spiro atoms. The summed E-state index contributed by atoms with van der Waals surface area (Å²) >= 11 is 0. The van der Waals surface area contributed by atoms with Crippen molar-refractivity contribution in [3.8, 4) is 11.5 Å². The molecule has 1 atom stereocenters. The molecule has 0 aliphatic rings. The number of benzene rings is 1. The van der Waals surface area contributed by atoms with Crippen LogP contribution in [-0.4, -0.2) is 54.3 Å². The first-order chi connectivity index (χ1) is 12.8. The van der Waals surface area contributed by atoms with Crippen LogP contribution >= 0.6 is 0 Å². The summed E-state index contributed by atoms with van der Waals surface area (Å²) in [5.74, 6) is -2.92. The maximum absolute atomic E-state index is 11.8. The van der Waals surface area contributed by atoms with E-state index in [1.165, 1.54) is 14.2 Å². The number of nitrogens with one attached hydrogen (secondary N) is 1. The first kappa shape index (κ1) is 21.7. The number of alkyl carbamates (subject to hydrolysis) is 1. The lowest BCUT2D eigenvalue weighted by atomic mass is 10.1. The minimum atomic E-state index is -1.58. The average molecular weight is 383 g/mol. The van der Waals surface area contributed by atoms with E-state index in [0.29, 0.717) is 17.1 Å². The second kappa shape index (κ2) is 10.6. The van der Waals surface area contributed by atoms with Gasteiger partial charge in [-0.05, 0) is 30.5 Å². The third-order valence-corrected chi connectivity index (χ3v) is 3.51. The molecule has 0 heterocycles. The highest BCUT2D eigenvalue weighted by Gasteiger charge is 2.21. The van der Waals surface area contributed by atoms with Gasteiger partial charge in [0.2, 0.25) is 5.78 Å². The summed E-state index contributed by atoms with van der Waals surface area (Å²) in [6.45, 7) is -0.150. The van der Waals surface area contributed by atoms with Crippen molar-refractivity contribution in [2.45, 2.75) is 31.9 Å². The Morgan fingerprint density at radius 2 is 1.63 bits per heavy atom. The summed E-state index contributed by atoms with van der Waals surface area (Å²) in [5, 5.41) is 19.8. The number of hydrogen-bond acceptors (Lipinski definition) is 7. The zero-order valence-corrected chi connectivity index (χ0v) is 14.9. The normalized spacial score (nSPS) is 11.2. The Hall–Kier alpha value is -3.30. The van der Waals surface area contributed by atoms with Crippen molar-refractivity contribution in [2.75, 3.05) is 14.2 Å². The number of hydrogen-bond donors (Lipinski definition) is 3. The summed E-state index contributed by atoms with van der Waals surface area (Å²) in [6, 6.07) is 3.59. The van der Waals surface area contributed by atoms with Crippen molar-refractivity contribution in [3.63, 3.8) is 0 Å².